The molecule has 4 aromatic rings. The molecule has 0 unspecified atom stereocenters. The zero-order valence-electron chi connectivity index (χ0n) is 40.7. The first kappa shape index (κ1) is 52.2. The Morgan fingerprint density at radius 2 is 0.652 bits per heavy atom. The molecule has 4 fully saturated rings. The van der Waals surface area contributed by atoms with Crippen LogP contribution in [0.5, 0.6) is 34.5 Å². The summed E-state index contributed by atoms with van der Waals surface area (Å²) in [6.45, 7) is 15.3. The van der Waals surface area contributed by atoms with Gasteiger partial charge in [-0.15, -0.1) is 0 Å². The first-order valence-corrected chi connectivity index (χ1v) is 25.9. The van der Waals surface area contributed by atoms with Crippen LogP contribution < -0.4 is 29.2 Å². The second kappa shape index (κ2) is 28.3. The van der Waals surface area contributed by atoms with Crippen LogP contribution in [0.15, 0.2) is 94.9 Å². The number of rotatable bonds is 23. The second-order valence-corrected chi connectivity index (χ2v) is 18.8. The molecule has 374 valence electrons. The van der Waals surface area contributed by atoms with Crippen molar-refractivity contribution in [3.63, 3.8) is 0 Å². The van der Waals surface area contributed by atoms with Crippen molar-refractivity contribution in [1.29, 1.82) is 0 Å². The Bertz CT molecular complexity index is 2030. The minimum absolute atomic E-state index is 0. The van der Waals surface area contributed by atoms with Gasteiger partial charge in [0.25, 0.3) is 0 Å². The van der Waals surface area contributed by atoms with Crippen LogP contribution in [0.4, 0.5) is 0 Å². The molecule has 12 nitrogen and oxygen atoms in total. The Balaban J connectivity index is 0.00000703. The molecule has 4 aliphatic heterocycles. The average molecular weight is 986 g/mol. The molecule has 4 aliphatic rings. The van der Waals surface area contributed by atoms with Gasteiger partial charge in [0.05, 0.1) is 24.5 Å². The fourth-order valence-electron chi connectivity index (χ4n) is 9.88. The van der Waals surface area contributed by atoms with Crippen molar-refractivity contribution in [3.8, 4) is 34.5 Å². The third-order valence-electron chi connectivity index (χ3n) is 13.8. The van der Waals surface area contributed by atoms with E-state index in [2.05, 4.69) is 19.6 Å². The average Bonchev–Trinajstić information content (AvgIpc) is 3.38. The zero-order valence-corrected chi connectivity index (χ0v) is 41.7. The molecule has 0 N–H and O–H groups in total. The largest absolute Gasteiger partial charge is 2.00 e. The Morgan fingerprint density at radius 3 is 0.942 bits per heavy atom. The summed E-state index contributed by atoms with van der Waals surface area (Å²) in [5, 5.41) is 27.8. The molecule has 0 aromatic heterocycles. The number of hydrogen-bond donors (Lipinski definition) is 0. The molecule has 0 spiro atoms. The molecule has 4 heterocycles. The van der Waals surface area contributed by atoms with E-state index < -0.39 is 0 Å². The molecular weight excluding hydrogens is 911 g/mol. The van der Waals surface area contributed by atoms with Gasteiger partial charge in [-0.2, -0.15) is 0 Å². The normalized spacial score (nSPS) is 18.1. The van der Waals surface area contributed by atoms with E-state index in [1.54, 1.807) is 12.1 Å². The van der Waals surface area contributed by atoms with Crippen LogP contribution in [-0.4, -0.2) is 149 Å². The SMILES string of the molecule is [Ni+2].[O-]c1cc(OCCN2CCCCC2)ccc1C(=NCCN=C(c1ccc(OCCN2CCCCC2)cc1)c1ccc(OCCN2CCCCC2)cc1[O-])c1ccc(OCCN2CCCCC2)cc1. The molecule has 8 rings (SSSR count). The Kier molecular flexibility index (Phi) is 21.4. The van der Waals surface area contributed by atoms with Gasteiger partial charge in [-0.25, -0.2) is 0 Å². The van der Waals surface area contributed by atoms with E-state index in [4.69, 9.17) is 28.9 Å². The number of aliphatic imine (C=N–C) groups is 2. The number of hydrogen-bond acceptors (Lipinski definition) is 12. The van der Waals surface area contributed by atoms with Gasteiger partial charge < -0.3 is 29.2 Å². The van der Waals surface area contributed by atoms with Gasteiger partial charge >= 0.3 is 16.5 Å². The molecule has 0 saturated carbocycles. The van der Waals surface area contributed by atoms with Crippen LogP contribution in [0.3, 0.4) is 0 Å². The molecule has 0 radical (unpaired) electrons. The van der Waals surface area contributed by atoms with E-state index in [1.807, 2.05) is 72.8 Å². The van der Waals surface area contributed by atoms with Crippen molar-refractivity contribution in [3.05, 3.63) is 107 Å². The van der Waals surface area contributed by atoms with Crippen LogP contribution in [0.25, 0.3) is 0 Å². The van der Waals surface area contributed by atoms with Gasteiger partial charge in [0, 0.05) is 37.3 Å². The fraction of sp³-hybridized carbons (Fsp3) is 0.536. The smallest absolute Gasteiger partial charge is 0.872 e. The predicted octanol–water partition coefficient (Wildman–Crippen LogP) is 7.67. The topological polar surface area (TPSA) is 121 Å². The van der Waals surface area contributed by atoms with E-state index in [9.17, 15) is 10.2 Å². The third-order valence-corrected chi connectivity index (χ3v) is 13.8. The first-order chi connectivity index (χ1) is 33.5. The van der Waals surface area contributed by atoms with Gasteiger partial charge in [-0.3, -0.25) is 29.6 Å². The molecular formula is C56H74N6NiO6. The Morgan fingerprint density at radius 1 is 0.377 bits per heavy atom. The maximum absolute atomic E-state index is 13.9. The van der Waals surface area contributed by atoms with E-state index >= 15 is 0 Å². The fourth-order valence-corrected chi connectivity index (χ4v) is 9.88. The van der Waals surface area contributed by atoms with Crippen molar-refractivity contribution in [2.24, 2.45) is 9.98 Å². The summed E-state index contributed by atoms with van der Waals surface area (Å²) in [6, 6.07) is 26.3. The number of benzene rings is 4. The number of ether oxygens (including phenoxy) is 4. The molecule has 69 heavy (non-hydrogen) atoms. The van der Waals surface area contributed by atoms with Gasteiger partial charge in [-0.1, -0.05) is 37.2 Å². The van der Waals surface area contributed by atoms with Crippen molar-refractivity contribution >= 4 is 11.4 Å². The van der Waals surface area contributed by atoms with Crippen LogP contribution in [-0.2, 0) is 16.5 Å². The van der Waals surface area contributed by atoms with Gasteiger partial charge in [0.2, 0.25) is 0 Å². The number of piperidine rings is 4. The monoisotopic (exact) mass is 985 g/mol. The molecule has 4 aromatic carbocycles. The first-order valence-electron chi connectivity index (χ1n) is 25.9. The van der Waals surface area contributed by atoms with Gasteiger partial charge in [0.1, 0.15) is 49.4 Å². The van der Waals surface area contributed by atoms with Crippen molar-refractivity contribution < 1.29 is 45.7 Å². The zero-order chi connectivity index (χ0) is 46.6. The third kappa shape index (κ3) is 16.5. The molecule has 13 heteroatoms. The van der Waals surface area contributed by atoms with Crippen LogP contribution in [0.2, 0.25) is 0 Å². The summed E-state index contributed by atoms with van der Waals surface area (Å²) in [7, 11) is 0. The standard InChI is InChI=1S/C56H76N6O6.Ni/c63-53-43-49(67-41-37-61-31-9-3-10-32-61)21-23-51(53)55(45-13-17-47(18-14-45)65-39-35-59-27-5-1-6-28-59)57-25-26-58-56(46-15-19-48(20-16-46)66-40-36-60-29-7-2-8-30-60)52-24-22-50(44-54(52)64)68-42-38-62-33-11-4-12-34-62;/h13-24,43-44,63-64H,1-12,25-42H2;/q;+2/p-2. The van der Waals surface area contributed by atoms with E-state index in [0.29, 0.717) is 60.5 Å². The summed E-state index contributed by atoms with van der Waals surface area (Å²) in [6.07, 6.45) is 15.1. The Hall–Kier alpha value is -4.65. The molecule has 0 amide bonds. The molecule has 4 saturated heterocycles. The minimum Gasteiger partial charge on any atom is -0.872 e. The van der Waals surface area contributed by atoms with Crippen molar-refractivity contribution in [1.82, 2.24) is 19.6 Å². The van der Waals surface area contributed by atoms with Crippen molar-refractivity contribution in [2.45, 2.75) is 77.0 Å². The van der Waals surface area contributed by atoms with Crippen molar-refractivity contribution in [2.75, 3.05) is 118 Å². The molecule has 0 bridgehead atoms. The number of nitrogens with zero attached hydrogens (tertiary/aromatic N) is 6. The molecule has 0 aliphatic carbocycles. The summed E-state index contributed by atoms with van der Waals surface area (Å²) >= 11 is 0. The predicted molar refractivity (Wildman–Crippen MR) is 269 cm³/mol. The maximum Gasteiger partial charge on any atom is 2.00 e. The molecule has 0 atom stereocenters. The minimum atomic E-state index is -0.155. The van der Waals surface area contributed by atoms with E-state index in [1.165, 1.54) is 77.0 Å². The summed E-state index contributed by atoms with van der Waals surface area (Å²) < 4.78 is 24.5. The van der Waals surface area contributed by atoms with Crippen LogP contribution in [0.1, 0.15) is 99.3 Å². The van der Waals surface area contributed by atoms with E-state index in [-0.39, 0.29) is 41.1 Å². The van der Waals surface area contributed by atoms with Crippen LogP contribution in [0, 0.1) is 0 Å². The number of likely N-dealkylation sites (tertiary alicyclic amines) is 4. The van der Waals surface area contributed by atoms with E-state index in [0.717, 1.165) is 101 Å². The van der Waals surface area contributed by atoms with Gasteiger partial charge in [0.15, 0.2) is 0 Å². The summed E-state index contributed by atoms with van der Waals surface area (Å²) in [5.74, 6) is 2.38. The maximum atomic E-state index is 13.9. The summed E-state index contributed by atoms with van der Waals surface area (Å²) in [4.78, 5) is 19.9. The Labute approximate surface area is 421 Å². The second-order valence-electron chi connectivity index (χ2n) is 18.8. The summed E-state index contributed by atoms with van der Waals surface area (Å²) in [5.41, 5.74) is 3.75. The van der Waals surface area contributed by atoms with Gasteiger partial charge in [-0.05, 0) is 200 Å². The quantitative estimate of drug-likeness (QED) is 0.0416. The van der Waals surface area contributed by atoms with Crippen LogP contribution >= 0.6 is 0 Å².